The quantitative estimate of drug-likeness (QED) is 0.807. The molecule has 1 heterocycles. The van der Waals surface area contributed by atoms with Crippen molar-refractivity contribution in [1.82, 2.24) is 15.1 Å². The number of aryl methyl sites for hydroxylation is 1. The zero-order chi connectivity index (χ0) is 15.4. The topological polar surface area (TPSA) is 107 Å². The molecule has 0 aliphatic rings. The second-order valence-electron chi connectivity index (χ2n) is 4.40. The maximum Gasteiger partial charge on any atom is 0.272 e. The smallest absolute Gasteiger partial charge is 0.272 e. The summed E-state index contributed by atoms with van der Waals surface area (Å²) < 4.78 is 1.04. The van der Waals surface area contributed by atoms with Crippen LogP contribution >= 0.6 is 0 Å². The lowest BCUT2D eigenvalue weighted by molar-refractivity contribution is -0.120. The molecule has 0 spiro atoms. The highest BCUT2D eigenvalue weighted by molar-refractivity contribution is 5.96. The third-order valence-electron chi connectivity index (χ3n) is 2.89. The molecule has 0 aliphatic heterocycles. The number of amides is 2. The van der Waals surface area contributed by atoms with Gasteiger partial charge < -0.3 is 11.1 Å². The number of carbonyl (C=O) groups excluding carboxylic acids is 2. The lowest BCUT2D eigenvalue weighted by Gasteiger charge is -2.15. The summed E-state index contributed by atoms with van der Waals surface area (Å²) >= 11 is 0. The van der Waals surface area contributed by atoms with Crippen molar-refractivity contribution < 1.29 is 9.59 Å². The van der Waals surface area contributed by atoms with Crippen molar-refractivity contribution in [3.63, 3.8) is 0 Å². The first-order valence-corrected chi connectivity index (χ1v) is 6.18. The van der Waals surface area contributed by atoms with Gasteiger partial charge in [0.25, 0.3) is 11.5 Å². The Morgan fingerprint density at radius 3 is 2.43 bits per heavy atom. The van der Waals surface area contributed by atoms with Gasteiger partial charge in [-0.25, -0.2) is 4.68 Å². The van der Waals surface area contributed by atoms with Gasteiger partial charge >= 0.3 is 0 Å². The molecule has 0 saturated carbocycles. The van der Waals surface area contributed by atoms with Gasteiger partial charge in [-0.3, -0.25) is 14.4 Å². The molecule has 21 heavy (non-hydrogen) atoms. The van der Waals surface area contributed by atoms with Gasteiger partial charge in [-0.1, -0.05) is 30.3 Å². The second kappa shape index (κ2) is 6.00. The van der Waals surface area contributed by atoms with Crippen molar-refractivity contribution in [2.24, 2.45) is 12.8 Å². The minimum Gasteiger partial charge on any atom is -0.368 e. The van der Waals surface area contributed by atoms with Crippen LogP contribution in [0.3, 0.4) is 0 Å². The number of aromatic nitrogens is 2. The Kier molecular flexibility index (Phi) is 4.13. The standard InChI is InChI=1S/C14H14N4O3/c1-18-11(19)8-7-10(17-18)14(21)16-12(13(15)20)9-5-3-2-4-6-9/h2-8,12H,1H3,(H2,15,20)(H,16,21)/t12-/m0/s1. The molecule has 108 valence electrons. The lowest BCUT2D eigenvalue weighted by Crippen LogP contribution is -2.38. The van der Waals surface area contributed by atoms with Crippen molar-refractivity contribution in [2.45, 2.75) is 6.04 Å². The Labute approximate surface area is 120 Å². The normalized spacial score (nSPS) is 11.7. The van der Waals surface area contributed by atoms with E-state index in [0.29, 0.717) is 5.56 Å². The van der Waals surface area contributed by atoms with E-state index in [4.69, 9.17) is 5.73 Å². The number of nitrogens with zero attached hydrogens (tertiary/aromatic N) is 2. The van der Waals surface area contributed by atoms with E-state index in [0.717, 1.165) is 4.68 Å². The van der Waals surface area contributed by atoms with E-state index in [2.05, 4.69) is 10.4 Å². The number of benzene rings is 1. The minimum atomic E-state index is -0.960. The summed E-state index contributed by atoms with van der Waals surface area (Å²) in [7, 11) is 1.43. The fraction of sp³-hybridized carbons (Fsp3) is 0.143. The van der Waals surface area contributed by atoms with E-state index in [-0.39, 0.29) is 11.3 Å². The van der Waals surface area contributed by atoms with Crippen LogP contribution in [0.2, 0.25) is 0 Å². The van der Waals surface area contributed by atoms with Gasteiger partial charge in [-0.05, 0) is 11.6 Å². The first-order valence-electron chi connectivity index (χ1n) is 6.18. The summed E-state index contributed by atoms with van der Waals surface area (Å²) in [6, 6.07) is 10.2. The summed E-state index contributed by atoms with van der Waals surface area (Å²) in [5.74, 6) is -1.27. The van der Waals surface area contributed by atoms with Gasteiger partial charge in [0.2, 0.25) is 5.91 Å². The molecule has 1 aromatic carbocycles. The van der Waals surface area contributed by atoms with E-state index in [1.54, 1.807) is 30.3 Å². The number of carbonyl (C=O) groups is 2. The van der Waals surface area contributed by atoms with E-state index in [9.17, 15) is 14.4 Å². The fourth-order valence-electron chi connectivity index (χ4n) is 1.79. The number of nitrogens with one attached hydrogen (secondary N) is 1. The maximum atomic E-state index is 12.1. The van der Waals surface area contributed by atoms with Crippen molar-refractivity contribution in [3.8, 4) is 0 Å². The highest BCUT2D eigenvalue weighted by Crippen LogP contribution is 2.12. The Hall–Kier alpha value is -2.96. The predicted molar refractivity (Wildman–Crippen MR) is 75.3 cm³/mol. The second-order valence-corrected chi connectivity index (χ2v) is 4.40. The molecule has 7 heteroatoms. The van der Waals surface area contributed by atoms with E-state index < -0.39 is 17.9 Å². The summed E-state index contributed by atoms with van der Waals surface area (Å²) in [4.78, 5) is 34.9. The molecule has 1 atom stereocenters. The van der Waals surface area contributed by atoms with Crippen LogP contribution in [0.15, 0.2) is 47.3 Å². The average molecular weight is 286 g/mol. The third-order valence-corrected chi connectivity index (χ3v) is 2.89. The molecule has 0 radical (unpaired) electrons. The number of nitrogens with two attached hydrogens (primary N) is 1. The highest BCUT2D eigenvalue weighted by Gasteiger charge is 2.21. The van der Waals surface area contributed by atoms with Gasteiger partial charge in [0.15, 0.2) is 0 Å². The van der Waals surface area contributed by atoms with Crippen LogP contribution in [-0.2, 0) is 11.8 Å². The monoisotopic (exact) mass is 286 g/mol. The molecule has 0 aliphatic carbocycles. The van der Waals surface area contributed by atoms with Crippen LogP contribution < -0.4 is 16.6 Å². The molecule has 0 unspecified atom stereocenters. The Morgan fingerprint density at radius 2 is 1.86 bits per heavy atom. The zero-order valence-electron chi connectivity index (χ0n) is 11.3. The van der Waals surface area contributed by atoms with Crippen molar-refractivity contribution >= 4 is 11.8 Å². The van der Waals surface area contributed by atoms with Crippen molar-refractivity contribution in [1.29, 1.82) is 0 Å². The SMILES string of the molecule is Cn1nc(C(=O)N[C@H](C(N)=O)c2ccccc2)ccc1=O. The number of hydrogen-bond donors (Lipinski definition) is 2. The molecule has 0 bridgehead atoms. The molecule has 1 aromatic heterocycles. The third kappa shape index (κ3) is 3.33. The Morgan fingerprint density at radius 1 is 1.19 bits per heavy atom. The van der Waals surface area contributed by atoms with E-state index >= 15 is 0 Å². The number of rotatable bonds is 4. The average Bonchev–Trinajstić information content (AvgIpc) is 2.48. The molecule has 0 fully saturated rings. The van der Waals surface area contributed by atoms with Gasteiger partial charge in [0.05, 0.1) is 0 Å². The molecule has 2 rings (SSSR count). The summed E-state index contributed by atoms with van der Waals surface area (Å²) in [6.45, 7) is 0. The van der Waals surface area contributed by atoms with Crippen LogP contribution in [-0.4, -0.2) is 21.6 Å². The van der Waals surface area contributed by atoms with Crippen LogP contribution in [0.25, 0.3) is 0 Å². The molecular formula is C14H14N4O3. The Balaban J connectivity index is 2.25. The summed E-state index contributed by atoms with van der Waals surface area (Å²) in [5, 5.41) is 6.32. The molecular weight excluding hydrogens is 272 g/mol. The van der Waals surface area contributed by atoms with Gasteiger partial charge in [0.1, 0.15) is 11.7 Å². The molecule has 2 aromatic rings. The number of hydrogen-bond acceptors (Lipinski definition) is 4. The summed E-state index contributed by atoms with van der Waals surface area (Å²) in [5.41, 5.74) is 5.59. The van der Waals surface area contributed by atoms with Crippen LogP contribution in [0, 0.1) is 0 Å². The van der Waals surface area contributed by atoms with Crippen LogP contribution in [0.4, 0.5) is 0 Å². The zero-order valence-corrected chi connectivity index (χ0v) is 11.3. The lowest BCUT2D eigenvalue weighted by atomic mass is 10.1. The summed E-state index contributed by atoms with van der Waals surface area (Å²) in [6.07, 6.45) is 0. The van der Waals surface area contributed by atoms with Gasteiger partial charge in [-0.15, -0.1) is 0 Å². The largest absolute Gasteiger partial charge is 0.368 e. The minimum absolute atomic E-state index is 0.0271. The van der Waals surface area contributed by atoms with E-state index in [1.165, 1.54) is 19.2 Å². The molecule has 7 nitrogen and oxygen atoms in total. The first kappa shape index (κ1) is 14.4. The predicted octanol–water partition coefficient (Wildman–Crippen LogP) is -0.263. The molecule has 3 N–H and O–H groups in total. The highest BCUT2D eigenvalue weighted by atomic mass is 16.2. The maximum absolute atomic E-state index is 12.1. The fourth-order valence-corrected chi connectivity index (χ4v) is 1.79. The van der Waals surface area contributed by atoms with Crippen molar-refractivity contribution in [2.75, 3.05) is 0 Å². The van der Waals surface area contributed by atoms with Crippen molar-refractivity contribution in [3.05, 3.63) is 64.1 Å². The van der Waals surface area contributed by atoms with Crippen LogP contribution in [0.5, 0.6) is 0 Å². The Bertz CT molecular complexity index is 724. The van der Waals surface area contributed by atoms with Crippen LogP contribution in [0.1, 0.15) is 22.1 Å². The van der Waals surface area contributed by atoms with Gasteiger partial charge in [0, 0.05) is 13.1 Å². The first-order chi connectivity index (χ1) is 9.99. The van der Waals surface area contributed by atoms with Gasteiger partial charge in [-0.2, -0.15) is 5.10 Å². The molecule has 0 saturated heterocycles. The van der Waals surface area contributed by atoms with E-state index in [1.807, 2.05) is 0 Å². The molecule has 2 amide bonds. The number of primary amides is 1.